The minimum absolute atomic E-state index is 0.0558. The number of benzene rings is 2. The zero-order valence-electron chi connectivity index (χ0n) is 16.3. The highest BCUT2D eigenvalue weighted by molar-refractivity contribution is 5.99. The highest BCUT2D eigenvalue weighted by Gasteiger charge is 2.20. The summed E-state index contributed by atoms with van der Waals surface area (Å²) >= 11 is 0. The van der Waals surface area contributed by atoms with E-state index >= 15 is 0 Å². The van der Waals surface area contributed by atoms with E-state index in [1.807, 2.05) is 36.4 Å². The number of aromatic nitrogens is 1. The van der Waals surface area contributed by atoms with E-state index in [0.717, 1.165) is 22.2 Å². The van der Waals surface area contributed by atoms with Crippen LogP contribution in [0.3, 0.4) is 0 Å². The monoisotopic (exact) mass is 366 g/mol. The molecule has 0 aliphatic rings. The van der Waals surface area contributed by atoms with Gasteiger partial charge in [0.25, 0.3) is 5.56 Å². The quantitative estimate of drug-likeness (QED) is 0.721. The number of nitrogens with zero attached hydrogens (tertiary/aromatic N) is 1. The number of ether oxygens (including phenoxy) is 2. The van der Waals surface area contributed by atoms with Gasteiger partial charge in [0.2, 0.25) is 0 Å². The van der Waals surface area contributed by atoms with Crippen molar-refractivity contribution in [1.29, 1.82) is 0 Å². The number of fused-ring (bicyclic) bond motifs is 1. The molecule has 0 aliphatic heterocycles. The van der Waals surface area contributed by atoms with Crippen molar-refractivity contribution in [2.45, 2.75) is 26.9 Å². The summed E-state index contributed by atoms with van der Waals surface area (Å²) < 4.78 is 12.7. The third kappa shape index (κ3) is 3.43. The number of methoxy groups -OCH3 is 2. The number of nitrogens with two attached hydrogens (primary N) is 1. The number of hydrogen-bond donors (Lipinski definition) is 1. The van der Waals surface area contributed by atoms with Crippen LogP contribution in [0.15, 0.2) is 47.3 Å². The number of rotatable bonds is 6. The minimum Gasteiger partial charge on any atom is -0.493 e. The Morgan fingerprint density at radius 3 is 2.11 bits per heavy atom. The zero-order chi connectivity index (χ0) is 19.6. The van der Waals surface area contributed by atoms with Gasteiger partial charge in [0.15, 0.2) is 11.5 Å². The molecule has 0 spiro atoms. The smallest absolute Gasteiger partial charge is 0.258 e. The Hall–Kier alpha value is -2.79. The topological polar surface area (TPSA) is 66.5 Å². The van der Waals surface area contributed by atoms with Crippen molar-refractivity contribution in [2.75, 3.05) is 14.2 Å². The Bertz CT molecular complexity index is 1010. The van der Waals surface area contributed by atoms with Gasteiger partial charge >= 0.3 is 0 Å². The molecule has 5 nitrogen and oxygen atoms in total. The molecule has 0 radical (unpaired) electrons. The predicted molar refractivity (Wildman–Crippen MR) is 109 cm³/mol. The minimum atomic E-state index is -0.0558. The highest BCUT2D eigenvalue weighted by atomic mass is 16.5. The summed E-state index contributed by atoms with van der Waals surface area (Å²) in [5, 5.41) is 1.42. The first kappa shape index (κ1) is 19.0. The summed E-state index contributed by atoms with van der Waals surface area (Å²) in [7, 11) is 3.17. The average molecular weight is 366 g/mol. The molecule has 0 saturated carbocycles. The van der Waals surface area contributed by atoms with Crippen LogP contribution in [0.2, 0.25) is 0 Å². The molecule has 3 rings (SSSR count). The molecule has 1 aromatic heterocycles. The number of hydrogen-bond acceptors (Lipinski definition) is 4. The molecular weight excluding hydrogens is 340 g/mol. The van der Waals surface area contributed by atoms with Gasteiger partial charge in [0.05, 0.1) is 19.6 Å². The molecule has 0 saturated heterocycles. The first-order valence-electron chi connectivity index (χ1n) is 9.08. The van der Waals surface area contributed by atoms with Crippen molar-refractivity contribution in [2.24, 2.45) is 11.7 Å². The van der Waals surface area contributed by atoms with E-state index in [2.05, 4.69) is 13.8 Å². The lowest BCUT2D eigenvalue weighted by atomic mass is 9.95. The van der Waals surface area contributed by atoms with Crippen LogP contribution in [0.5, 0.6) is 11.5 Å². The molecule has 0 fully saturated rings. The summed E-state index contributed by atoms with van der Waals surface area (Å²) in [6.07, 6.45) is 0. The van der Waals surface area contributed by atoms with Gasteiger partial charge in [0, 0.05) is 29.7 Å². The van der Waals surface area contributed by atoms with E-state index in [1.54, 1.807) is 24.9 Å². The zero-order valence-corrected chi connectivity index (χ0v) is 16.3. The molecule has 0 amide bonds. The predicted octanol–water partition coefficient (Wildman–Crippen LogP) is 3.80. The maximum atomic E-state index is 13.3. The SMILES string of the molecule is COc1cc2c(-c3ccccc3)c(CN)n(CC(C)C)c(=O)c2cc1OC. The largest absolute Gasteiger partial charge is 0.493 e. The Labute approximate surface area is 159 Å². The van der Waals surface area contributed by atoms with Crippen molar-refractivity contribution in [3.05, 3.63) is 58.5 Å². The van der Waals surface area contributed by atoms with Crippen LogP contribution in [0.1, 0.15) is 19.5 Å². The second kappa shape index (κ2) is 7.84. The standard InChI is InChI=1S/C22H26N2O3/c1-14(2)13-24-18(12-23)21(15-8-6-5-7-9-15)16-10-19(26-3)20(27-4)11-17(16)22(24)25/h5-11,14H,12-13,23H2,1-4H3. The van der Waals surface area contributed by atoms with Gasteiger partial charge in [-0.1, -0.05) is 44.2 Å². The molecule has 3 aromatic rings. The van der Waals surface area contributed by atoms with E-state index in [4.69, 9.17) is 15.2 Å². The van der Waals surface area contributed by atoms with E-state index in [1.165, 1.54) is 0 Å². The lowest BCUT2D eigenvalue weighted by Crippen LogP contribution is -2.28. The van der Waals surface area contributed by atoms with Gasteiger partial charge in [-0.05, 0) is 23.6 Å². The third-order valence-electron chi connectivity index (χ3n) is 4.69. The van der Waals surface area contributed by atoms with Crippen molar-refractivity contribution in [3.63, 3.8) is 0 Å². The van der Waals surface area contributed by atoms with Crippen LogP contribution >= 0.6 is 0 Å². The fourth-order valence-electron chi connectivity index (χ4n) is 3.52. The summed E-state index contributed by atoms with van der Waals surface area (Å²) in [5.74, 6) is 1.44. The Balaban J connectivity index is 2.51. The molecule has 0 aliphatic carbocycles. The van der Waals surface area contributed by atoms with Gasteiger partial charge in [-0.2, -0.15) is 0 Å². The van der Waals surface area contributed by atoms with Gasteiger partial charge in [-0.25, -0.2) is 0 Å². The molecule has 2 N–H and O–H groups in total. The number of pyridine rings is 1. The van der Waals surface area contributed by atoms with Crippen molar-refractivity contribution >= 4 is 10.8 Å². The highest BCUT2D eigenvalue weighted by Crippen LogP contribution is 2.37. The molecule has 2 aromatic carbocycles. The fourth-order valence-corrected chi connectivity index (χ4v) is 3.52. The third-order valence-corrected chi connectivity index (χ3v) is 4.69. The fraction of sp³-hybridized carbons (Fsp3) is 0.318. The second-order valence-corrected chi connectivity index (χ2v) is 6.95. The molecule has 0 unspecified atom stereocenters. The summed E-state index contributed by atoms with van der Waals surface area (Å²) in [6, 6.07) is 13.7. The summed E-state index contributed by atoms with van der Waals surface area (Å²) in [6.45, 7) is 5.06. The van der Waals surface area contributed by atoms with Gasteiger partial charge < -0.3 is 19.8 Å². The lowest BCUT2D eigenvalue weighted by molar-refractivity contribution is 0.356. The van der Waals surface area contributed by atoms with Crippen LogP contribution < -0.4 is 20.8 Å². The first-order valence-corrected chi connectivity index (χ1v) is 9.08. The Morgan fingerprint density at radius 1 is 1.00 bits per heavy atom. The van der Waals surface area contributed by atoms with Gasteiger partial charge in [-0.3, -0.25) is 4.79 Å². The maximum Gasteiger partial charge on any atom is 0.258 e. The molecule has 27 heavy (non-hydrogen) atoms. The van der Waals surface area contributed by atoms with E-state index in [0.29, 0.717) is 29.3 Å². The van der Waals surface area contributed by atoms with Gasteiger partial charge in [0.1, 0.15) is 0 Å². The molecule has 5 heteroatoms. The van der Waals surface area contributed by atoms with Crippen LogP contribution in [0.25, 0.3) is 21.9 Å². The van der Waals surface area contributed by atoms with Crippen LogP contribution in [-0.4, -0.2) is 18.8 Å². The van der Waals surface area contributed by atoms with Crippen molar-refractivity contribution in [3.8, 4) is 22.6 Å². The van der Waals surface area contributed by atoms with Crippen LogP contribution in [0, 0.1) is 5.92 Å². The lowest BCUT2D eigenvalue weighted by Gasteiger charge is -2.21. The van der Waals surface area contributed by atoms with Crippen LogP contribution in [-0.2, 0) is 13.1 Å². The first-order chi connectivity index (χ1) is 13.0. The normalized spacial score (nSPS) is 11.2. The molecule has 0 atom stereocenters. The van der Waals surface area contributed by atoms with E-state index < -0.39 is 0 Å². The van der Waals surface area contributed by atoms with Crippen molar-refractivity contribution in [1.82, 2.24) is 4.57 Å². The Morgan fingerprint density at radius 2 is 1.59 bits per heavy atom. The summed E-state index contributed by atoms with van der Waals surface area (Å²) in [4.78, 5) is 13.3. The second-order valence-electron chi connectivity index (χ2n) is 6.95. The molecule has 0 bridgehead atoms. The average Bonchev–Trinajstić information content (AvgIpc) is 2.69. The molecule has 1 heterocycles. The Kier molecular flexibility index (Phi) is 5.51. The van der Waals surface area contributed by atoms with E-state index in [9.17, 15) is 4.79 Å². The van der Waals surface area contributed by atoms with Crippen molar-refractivity contribution < 1.29 is 9.47 Å². The van der Waals surface area contributed by atoms with E-state index in [-0.39, 0.29) is 12.1 Å². The molecular formula is C22H26N2O3. The molecule has 142 valence electrons. The van der Waals surface area contributed by atoms with Gasteiger partial charge in [-0.15, -0.1) is 0 Å². The maximum absolute atomic E-state index is 13.3. The van der Waals surface area contributed by atoms with Crippen LogP contribution in [0.4, 0.5) is 0 Å². The summed E-state index contributed by atoms with van der Waals surface area (Å²) in [5.41, 5.74) is 8.90.